The van der Waals surface area contributed by atoms with Crippen molar-refractivity contribution in [1.82, 2.24) is 10.2 Å². The zero-order chi connectivity index (χ0) is 13.9. The van der Waals surface area contributed by atoms with Gasteiger partial charge in [-0.05, 0) is 27.2 Å². The largest absolute Gasteiger partial charge is 0.460 e. The molecule has 2 rings (SSSR count). The van der Waals surface area contributed by atoms with Crippen LogP contribution in [0.5, 0.6) is 0 Å². The number of nitrogens with one attached hydrogen (secondary N) is 1. The molecular formula is C14H26N2O3. The molecule has 1 N–H and O–H groups in total. The van der Waals surface area contributed by atoms with Gasteiger partial charge >= 0.3 is 5.97 Å². The molecule has 0 aromatic carbocycles. The van der Waals surface area contributed by atoms with Gasteiger partial charge in [0.1, 0.15) is 5.60 Å². The normalized spacial score (nSPS) is 30.1. The van der Waals surface area contributed by atoms with Crippen molar-refractivity contribution in [2.75, 3.05) is 39.4 Å². The van der Waals surface area contributed by atoms with Crippen molar-refractivity contribution in [3.8, 4) is 0 Å². The number of carbonyl (C=O) groups is 1. The van der Waals surface area contributed by atoms with Gasteiger partial charge in [-0.2, -0.15) is 0 Å². The first kappa shape index (κ1) is 14.8. The van der Waals surface area contributed by atoms with Gasteiger partial charge in [0.15, 0.2) is 0 Å². The van der Waals surface area contributed by atoms with Crippen molar-refractivity contribution in [3.63, 3.8) is 0 Å². The van der Waals surface area contributed by atoms with E-state index in [1.807, 2.05) is 20.8 Å². The summed E-state index contributed by atoms with van der Waals surface area (Å²) in [5, 5.41) is 3.37. The minimum absolute atomic E-state index is 0.0270. The highest BCUT2D eigenvalue weighted by molar-refractivity contribution is 5.73. The number of esters is 1. The van der Waals surface area contributed by atoms with Crippen LogP contribution in [0.2, 0.25) is 0 Å². The van der Waals surface area contributed by atoms with Crippen LogP contribution in [-0.4, -0.2) is 61.9 Å². The standard InChI is InChI=1S/C14H26N2O3/c1-14(2,3)19-13(17)11-8-12(10-15-9-11)16-4-6-18-7-5-16/h11-12,15H,4-10H2,1-3H3/t11-,12+/m0/s1. The second-order valence-electron chi connectivity index (χ2n) is 6.43. The third-order valence-electron chi connectivity index (χ3n) is 3.63. The lowest BCUT2D eigenvalue weighted by atomic mass is 9.94. The van der Waals surface area contributed by atoms with Gasteiger partial charge in [0.05, 0.1) is 19.1 Å². The van der Waals surface area contributed by atoms with Gasteiger partial charge in [-0.3, -0.25) is 9.69 Å². The molecule has 0 amide bonds. The Labute approximate surface area is 115 Å². The molecular weight excluding hydrogens is 244 g/mol. The number of ether oxygens (including phenoxy) is 2. The Morgan fingerprint density at radius 2 is 1.95 bits per heavy atom. The fraction of sp³-hybridized carbons (Fsp3) is 0.929. The minimum atomic E-state index is -0.400. The highest BCUT2D eigenvalue weighted by atomic mass is 16.6. The zero-order valence-corrected chi connectivity index (χ0v) is 12.3. The van der Waals surface area contributed by atoms with Crippen molar-refractivity contribution in [2.24, 2.45) is 5.92 Å². The van der Waals surface area contributed by atoms with Gasteiger partial charge in [0.25, 0.3) is 0 Å². The van der Waals surface area contributed by atoms with Crippen molar-refractivity contribution >= 4 is 5.97 Å². The molecule has 2 heterocycles. The second-order valence-corrected chi connectivity index (χ2v) is 6.43. The summed E-state index contributed by atoms with van der Waals surface area (Å²) in [6, 6.07) is 0.426. The summed E-state index contributed by atoms with van der Waals surface area (Å²) < 4.78 is 10.9. The van der Waals surface area contributed by atoms with E-state index in [4.69, 9.17) is 9.47 Å². The van der Waals surface area contributed by atoms with E-state index in [2.05, 4.69) is 10.2 Å². The lowest BCUT2D eigenvalue weighted by Gasteiger charge is -2.39. The van der Waals surface area contributed by atoms with Gasteiger partial charge in [-0.1, -0.05) is 0 Å². The van der Waals surface area contributed by atoms with Crippen molar-refractivity contribution in [1.29, 1.82) is 0 Å². The monoisotopic (exact) mass is 270 g/mol. The summed E-state index contributed by atoms with van der Waals surface area (Å²) in [5.74, 6) is -0.0984. The molecule has 2 atom stereocenters. The SMILES string of the molecule is CC(C)(C)OC(=O)[C@@H]1CNC[C@H](N2CCOCC2)C1. The fourth-order valence-electron chi connectivity index (χ4n) is 2.70. The Balaban J connectivity index is 1.87. The van der Waals surface area contributed by atoms with Crippen LogP contribution in [-0.2, 0) is 14.3 Å². The smallest absolute Gasteiger partial charge is 0.310 e. The second kappa shape index (κ2) is 6.20. The summed E-state index contributed by atoms with van der Waals surface area (Å²) in [5.41, 5.74) is -0.400. The summed E-state index contributed by atoms with van der Waals surface area (Å²) in [6.45, 7) is 11.0. The third kappa shape index (κ3) is 4.44. The Bertz CT molecular complexity index is 308. The van der Waals surface area contributed by atoms with Gasteiger partial charge in [-0.15, -0.1) is 0 Å². The molecule has 0 aromatic rings. The molecule has 0 radical (unpaired) electrons. The lowest BCUT2D eigenvalue weighted by Crippen LogP contribution is -2.54. The van der Waals surface area contributed by atoms with Crippen LogP contribution in [0.3, 0.4) is 0 Å². The Morgan fingerprint density at radius 1 is 1.26 bits per heavy atom. The number of carbonyl (C=O) groups excluding carboxylic acids is 1. The van der Waals surface area contributed by atoms with E-state index in [-0.39, 0.29) is 11.9 Å². The maximum absolute atomic E-state index is 12.1. The molecule has 0 bridgehead atoms. The zero-order valence-electron chi connectivity index (χ0n) is 12.3. The van der Waals surface area contributed by atoms with Crippen molar-refractivity contribution in [2.45, 2.75) is 38.8 Å². The molecule has 0 saturated carbocycles. The quantitative estimate of drug-likeness (QED) is 0.746. The first-order valence-electron chi connectivity index (χ1n) is 7.21. The number of hydrogen-bond donors (Lipinski definition) is 1. The molecule has 5 nitrogen and oxygen atoms in total. The predicted octanol–water partition coefficient (Wildman–Crippen LogP) is 0.638. The van der Waals surface area contributed by atoms with Crippen LogP contribution in [0.1, 0.15) is 27.2 Å². The summed E-state index contributed by atoms with van der Waals surface area (Å²) >= 11 is 0. The molecule has 2 aliphatic rings. The molecule has 0 aromatic heterocycles. The van der Waals surface area contributed by atoms with Crippen molar-refractivity contribution in [3.05, 3.63) is 0 Å². The maximum atomic E-state index is 12.1. The van der Waals surface area contributed by atoms with Crippen LogP contribution in [0.15, 0.2) is 0 Å². The highest BCUT2D eigenvalue weighted by Crippen LogP contribution is 2.20. The average molecular weight is 270 g/mol. The molecule has 5 heteroatoms. The predicted molar refractivity (Wildman–Crippen MR) is 73.0 cm³/mol. The molecule has 110 valence electrons. The molecule has 2 aliphatic heterocycles. The molecule has 0 spiro atoms. The van der Waals surface area contributed by atoms with Crippen LogP contribution >= 0.6 is 0 Å². The van der Waals surface area contributed by atoms with Gasteiger partial charge in [0.2, 0.25) is 0 Å². The van der Waals surface area contributed by atoms with E-state index in [0.717, 1.165) is 45.8 Å². The van der Waals surface area contributed by atoms with E-state index < -0.39 is 5.60 Å². The summed E-state index contributed by atoms with van der Waals surface area (Å²) in [4.78, 5) is 14.6. The molecule has 2 saturated heterocycles. The van der Waals surface area contributed by atoms with E-state index in [1.165, 1.54) is 0 Å². The number of hydrogen-bond acceptors (Lipinski definition) is 5. The summed E-state index contributed by atoms with van der Waals surface area (Å²) in [7, 11) is 0. The Kier molecular flexibility index (Phi) is 4.81. The number of morpholine rings is 1. The minimum Gasteiger partial charge on any atom is -0.460 e. The Morgan fingerprint density at radius 3 is 2.58 bits per heavy atom. The number of nitrogens with zero attached hydrogens (tertiary/aromatic N) is 1. The summed E-state index contributed by atoms with van der Waals surface area (Å²) in [6.07, 6.45) is 0.891. The Hall–Kier alpha value is -0.650. The van der Waals surface area contributed by atoms with Gasteiger partial charge in [0, 0.05) is 32.2 Å². The molecule has 0 aliphatic carbocycles. The van der Waals surface area contributed by atoms with Gasteiger partial charge < -0.3 is 14.8 Å². The lowest BCUT2D eigenvalue weighted by molar-refractivity contribution is -0.161. The molecule has 2 fully saturated rings. The van der Waals surface area contributed by atoms with E-state index in [0.29, 0.717) is 6.04 Å². The first-order chi connectivity index (χ1) is 8.96. The fourth-order valence-corrected chi connectivity index (χ4v) is 2.70. The van der Waals surface area contributed by atoms with E-state index >= 15 is 0 Å². The number of piperidine rings is 1. The number of rotatable bonds is 2. The molecule has 0 unspecified atom stereocenters. The average Bonchev–Trinajstić information content (AvgIpc) is 2.38. The van der Waals surface area contributed by atoms with Crippen LogP contribution < -0.4 is 5.32 Å². The van der Waals surface area contributed by atoms with Crippen LogP contribution in [0.25, 0.3) is 0 Å². The van der Waals surface area contributed by atoms with E-state index in [1.54, 1.807) is 0 Å². The van der Waals surface area contributed by atoms with Gasteiger partial charge in [-0.25, -0.2) is 0 Å². The third-order valence-corrected chi connectivity index (χ3v) is 3.63. The van der Waals surface area contributed by atoms with E-state index in [9.17, 15) is 4.79 Å². The topological polar surface area (TPSA) is 50.8 Å². The first-order valence-corrected chi connectivity index (χ1v) is 7.21. The maximum Gasteiger partial charge on any atom is 0.310 e. The van der Waals surface area contributed by atoms with Crippen LogP contribution in [0, 0.1) is 5.92 Å². The van der Waals surface area contributed by atoms with Crippen molar-refractivity contribution < 1.29 is 14.3 Å². The highest BCUT2D eigenvalue weighted by Gasteiger charge is 2.33. The molecule has 19 heavy (non-hydrogen) atoms. The van der Waals surface area contributed by atoms with Crippen LogP contribution in [0.4, 0.5) is 0 Å².